The van der Waals surface area contributed by atoms with Gasteiger partial charge < -0.3 is 14.7 Å². The fourth-order valence-corrected chi connectivity index (χ4v) is 4.04. The van der Waals surface area contributed by atoms with Crippen LogP contribution in [-0.4, -0.2) is 60.0 Å². The largest absolute Gasteiger partial charge is 0.363 e. The first-order chi connectivity index (χ1) is 11.5. The number of anilines is 2. The van der Waals surface area contributed by atoms with Crippen molar-refractivity contribution in [3.05, 3.63) is 11.8 Å². The molecule has 2 saturated heterocycles. The zero-order valence-corrected chi connectivity index (χ0v) is 15.3. The molecule has 3 rings (SSSR count). The molecule has 2 atom stereocenters. The third kappa shape index (κ3) is 3.19. The molecule has 1 aromatic heterocycles. The summed E-state index contributed by atoms with van der Waals surface area (Å²) >= 11 is 0. The maximum atomic E-state index is 12.3. The Morgan fingerprint density at radius 2 is 1.92 bits per heavy atom. The van der Waals surface area contributed by atoms with Gasteiger partial charge >= 0.3 is 0 Å². The second-order valence-electron chi connectivity index (χ2n) is 7.12. The highest BCUT2D eigenvalue weighted by atomic mass is 16.2. The number of amides is 1. The van der Waals surface area contributed by atoms with Crippen LogP contribution in [0.5, 0.6) is 0 Å². The molecular formula is C18H29N5O. The molecule has 132 valence electrons. The van der Waals surface area contributed by atoms with Gasteiger partial charge in [-0.25, -0.2) is 4.98 Å². The predicted molar refractivity (Wildman–Crippen MR) is 96.5 cm³/mol. The van der Waals surface area contributed by atoms with E-state index in [2.05, 4.69) is 9.80 Å². The van der Waals surface area contributed by atoms with E-state index in [9.17, 15) is 4.79 Å². The topological polar surface area (TPSA) is 52.6 Å². The van der Waals surface area contributed by atoms with Crippen LogP contribution in [0, 0.1) is 6.92 Å². The van der Waals surface area contributed by atoms with Crippen LogP contribution in [0.2, 0.25) is 0 Å². The molecule has 0 aromatic carbocycles. The molecule has 0 unspecified atom stereocenters. The van der Waals surface area contributed by atoms with Gasteiger partial charge in [0, 0.05) is 45.4 Å². The first-order valence-electron chi connectivity index (χ1n) is 9.10. The minimum absolute atomic E-state index is 0.281. The quantitative estimate of drug-likeness (QED) is 0.847. The van der Waals surface area contributed by atoms with Gasteiger partial charge in [0.2, 0.25) is 11.9 Å². The van der Waals surface area contributed by atoms with Crippen LogP contribution in [0.4, 0.5) is 11.8 Å². The Morgan fingerprint density at radius 3 is 2.62 bits per heavy atom. The highest BCUT2D eigenvalue weighted by molar-refractivity contribution is 5.76. The Bertz CT molecular complexity index is 603. The maximum Gasteiger partial charge on any atom is 0.227 e. The van der Waals surface area contributed by atoms with Crippen molar-refractivity contribution in [2.75, 3.05) is 37.0 Å². The molecule has 6 heteroatoms. The summed E-state index contributed by atoms with van der Waals surface area (Å²) in [5.74, 6) is 2.04. The standard InChI is InChI=1S/C18H29N5O/c1-5-17(24)22-10-6-8-14(22)15-9-7-11-23(15)18-19-13(2)12-16(20-18)21(3)4/h12,14-15H,5-11H2,1-4H3/t14-,15-/m0/s1. The Morgan fingerprint density at radius 1 is 1.21 bits per heavy atom. The fourth-order valence-electron chi connectivity index (χ4n) is 4.04. The van der Waals surface area contributed by atoms with Gasteiger partial charge in [0.1, 0.15) is 5.82 Å². The number of likely N-dealkylation sites (tertiary alicyclic amines) is 1. The Balaban J connectivity index is 1.87. The van der Waals surface area contributed by atoms with Gasteiger partial charge in [-0.15, -0.1) is 0 Å². The normalized spacial score (nSPS) is 23.8. The Hall–Kier alpha value is -1.85. The minimum atomic E-state index is 0.281. The SMILES string of the molecule is CCC(=O)N1CCC[C@H]1[C@@H]1CCCN1c1nc(C)cc(N(C)C)n1. The molecule has 0 aliphatic carbocycles. The zero-order valence-electron chi connectivity index (χ0n) is 15.3. The van der Waals surface area contributed by atoms with Crippen molar-refractivity contribution >= 4 is 17.7 Å². The molecule has 1 aromatic rings. The summed E-state index contributed by atoms with van der Waals surface area (Å²) in [4.78, 5) is 28.2. The smallest absolute Gasteiger partial charge is 0.227 e. The first kappa shape index (κ1) is 17.0. The third-order valence-electron chi connectivity index (χ3n) is 5.21. The summed E-state index contributed by atoms with van der Waals surface area (Å²) in [6.45, 7) is 5.86. The van der Waals surface area contributed by atoms with Crippen molar-refractivity contribution in [3.63, 3.8) is 0 Å². The number of aromatic nitrogens is 2. The molecule has 2 aliphatic rings. The summed E-state index contributed by atoms with van der Waals surface area (Å²) in [7, 11) is 4.01. The van der Waals surface area contributed by atoms with E-state index in [1.54, 1.807) is 0 Å². The molecule has 2 fully saturated rings. The van der Waals surface area contributed by atoms with Gasteiger partial charge in [-0.3, -0.25) is 4.79 Å². The lowest BCUT2D eigenvalue weighted by Gasteiger charge is -2.35. The lowest BCUT2D eigenvalue weighted by molar-refractivity contribution is -0.132. The van der Waals surface area contributed by atoms with Crippen LogP contribution in [0.25, 0.3) is 0 Å². The van der Waals surface area contributed by atoms with Gasteiger partial charge in [0.15, 0.2) is 0 Å². The van der Waals surface area contributed by atoms with Crippen LogP contribution in [0.15, 0.2) is 6.07 Å². The molecule has 0 bridgehead atoms. The van der Waals surface area contributed by atoms with Crippen LogP contribution < -0.4 is 9.80 Å². The number of carbonyl (C=O) groups excluding carboxylic acids is 1. The molecule has 0 N–H and O–H groups in total. The van der Waals surface area contributed by atoms with E-state index in [1.165, 1.54) is 0 Å². The molecule has 3 heterocycles. The number of nitrogens with zero attached hydrogens (tertiary/aromatic N) is 5. The fraction of sp³-hybridized carbons (Fsp3) is 0.722. The van der Waals surface area contributed by atoms with Crippen LogP contribution in [0.3, 0.4) is 0 Å². The average molecular weight is 331 g/mol. The summed E-state index contributed by atoms with van der Waals surface area (Å²) in [6.07, 6.45) is 5.06. The van der Waals surface area contributed by atoms with Crippen molar-refractivity contribution < 1.29 is 4.79 Å². The molecule has 6 nitrogen and oxygen atoms in total. The van der Waals surface area contributed by atoms with Crippen molar-refractivity contribution in [1.82, 2.24) is 14.9 Å². The van der Waals surface area contributed by atoms with E-state index in [0.717, 1.165) is 56.2 Å². The lowest BCUT2D eigenvalue weighted by Crippen LogP contribution is -2.48. The summed E-state index contributed by atoms with van der Waals surface area (Å²) < 4.78 is 0. The molecule has 2 aliphatic heterocycles. The second-order valence-corrected chi connectivity index (χ2v) is 7.12. The average Bonchev–Trinajstić information content (AvgIpc) is 3.21. The molecule has 0 radical (unpaired) electrons. The Labute approximate surface area is 144 Å². The molecular weight excluding hydrogens is 302 g/mol. The van der Waals surface area contributed by atoms with Crippen molar-refractivity contribution in [1.29, 1.82) is 0 Å². The summed E-state index contributed by atoms with van der Waals surface area (Å²) in [5.41, 5.74) is 0.988. The number of rotatable bonds is 4. The summed E-state index contributed by atoms with van der Waals surface area (Å²) in [6, 6.07) is 2.67. The Kier molecular flexibility index (Phi) is 4.92. The van der Waals surface area contributed by atoms with Gasteiger partial charge in [0.05, 0.1) is 12.1 Å². The highest BCUT2D eigenvalue weighted by Gasteiger charge is 2.40. The van der Waals surface area contributed by atoms with Crippen molar-refractivity contribution in [2.45, 2.75) is 58.0 Å². The number of aryl methyl sites for hydroxylation is 1. The van der Waals surface area contributed by atoms with Crippen molar-refractivity contribution in [3.8, 4) is 0 Å². The number of hydrogen-bond donors (Lipinski definition) is 0. The van der Waals surface area contributed by atoms with Gasteiger partial charge in [0.25, 0.3) is 0 Å². The molecule has 0 saturated carbocycles. The highest BCUT2D eigenvalue weighted by Crippen LogP contribution is 2.33. The van der Waals surface area contributed by atoms with Crippen molar-refractivity contribution in [2.24, 2.45) is 0 Å². The van der Waals surface area contributed by atoms with Gasteiger partial charge in [-0.05, 0) is 32.6 Å². The van der Waals surface area contributed by atoms with Crippen LogP contribution in [0.1, 0.15) is 44.7 Å². The monoisotopic (exact) mass is 331 g/mol. The van der Waals surface area contributed by atoms with E-state index in [4.69, 9.17) is 9.97 Å². The first-order valence-corrected chi connectivity index (χ1v) is 9.10. The molecule has 0 spiro atoms. The minimum Gasteiger partial charge on any atom is -0.363 e. The van der Waals surface area contributed by atoms with Crippen LogP contribution in [-0.2, 0) is 4.79 Å². The van der Waals surface area contributed by atoms with Crippen LogP contribution >= 0.6 is 0 Å². The van der Waals surface area contributed by atoms with E-state index in [1.807, 2.05) is 38.9 Å². The third-order valence-corrected chi connectivity index (χ3v) is 5.21. The van der Waals surface area contributed by atoms with E-state index in [0.29, 0.717) is 18.5 Å². The van der Waals surface area contributed by atoms with E-state index in [-0.39, 0.29) is 5.91 Å². The molecule has 1 amide bonds. The zero-order chi connectivity index (χ0) is 17.3. The predicted octanol–water partition coefficient (Wildman–Crippen LogP) is 2.22. The summed E-state index contributed by atoms with van der Waals surface area (Å²) in [5, 5.41) is 0. The lowest BCUT2D eigenvalue weighted by atomic mass is 10.0. The second kappa shape index (κ2) is 6.95. The van der Waals surface area contributed by atoms with Gasteiger partial charge in [-0.2, -0.15) is 4.98 Å². The van der Waals surface area contributed by atoms with Gasteiger partial charge in [-0.1, -0.05) is 6.92 Å². The van der Waals surface area contributed by atoms with E-state index >= 15 is 0 Å². The maximum absolute atomic E-state index is 12.3. The van der Waals surface area contributed by atoms with E-state index < -0.39 is 0 Å². The number of hydrogen-bond acceptors (Lipinski definition) is 5. The molecule has 24 heavy (non-hydrogen) atoms. The number of carbonyl (C=O) groups is 1.